The molecule has 0 unspecified atom stereocenters. The van der Waals surface area contributed by atoms with Gasteiger partial charge in [0, 0.05) is 80.3 Å². The summed E-state index contributed by atoms with van der Waals surface area (Å²) in [6.07, 6.45) is -0.665. The lowest BCUT2D eigenvalue weighted by molar-refractivity contribution is -0.113. The van der Waals surface area contributed by atoms with E-state index in [1.54, 1.807) is 17.0 Å². The van der Waals surface area contributed by atoms with Crippen LogP contribution in [0, 0.1) is 11.7 Å². The Hall–Kier alpha value is -3.94. The largest absolute Gasteiger partial charge is 0.345 e. The second kappa shape index (κ2) is 8.82. The van der Waals surface area contributed by atoms with Crippen molar-refractivity contribution in [2.24, 2.45) is 5.89 Å². The average molecular weight is 521 g/mol. The first kappa shape index (κ1) is 15.5. The molecule has 5 heterocycles. The highest BCUT2D eigenvalue weighted by atomic mass is 19.1. The molecule has 0 bridgehead atoms. The highest BCUT2D eigenvalue weighted by molar-refractivity contribution is 6.33. The lowest BCUT2D eigenvalue weighted by Crippen LogP contribution is -2.46. The molecule has 2 amide bonds. The normalized spacial score (nSPS) is 28.4. The first-order chi connectivity index (χ1) is 21.8. The number of aromatic nitrogens is 3. The van der Waals surface area contributed by atoms with Gasteiger partial charge in [-0.3, -0.25) is 9.20 Å². The van der Waals surface area contributed by atoms with Crippen LogP contribution < -0.4 is 0 Å². The fourth-order valence-corrected chi connectivity index (χ4v) is 5.62. The van der Waals surface area contributed by atoms with Crippen molar-refractivity contribution >= 4 is 39.5 Å². The number of pyridine rings is 1. The Morgan fingerprint density at radius 2 is 2.00 bits per heavy atom. The lowest BCUT2D eigenvalue weighted by Gasteiger charge is -2.34. The summed E-state index contributed by atoms with van der Waals surface area (Å²) in [5, 5.41) is 0.423. The number of likely N-dealkylation sites (tertiary alicyclic amines) is 1. The van der Waals surface area contributed by atoms with E-state index in [0.717, 1.165) is 23.1 Å². The predicted octanol–water partition coefficient (Wildman–Crippen LogP) is 5.37. The maximum atomic E-state index is 15.3. The van der Waals surface area contributed by atoms with E-state index in [2.05, 4.69) is 4.98 Å². The van der Waals surface area contributed by atoms with Crippen LogP contribution in [-0.2, 0) is 17.9 Å². The van der Waals surface area contributed by atoms with Gasteiger partial charge in [0.05, 0.1) is 17.4 Å². The van der Waals surface area contributed by atoms with E-state index in [9.17, 15) is 9.59 Å². The van der Waals surface area contributed by atoms with Crippen LogP contribution in [-0.4, -0.2) is 55.1 Å². The Labute approximate surface area is 232 Å². The Bertz CT molecular complexity index is 2020. The SMILES string of the molecule is [2H]C1([2H])N(C(=O)N2CCn3cc(C4=C(c5cnc6ccccn56)CCC4=O)c4cc(F)cc(c43)C2)C([2H])([2H])C([2H])([2H])C([2H])(C)C1([2H])[2H]. The van der Waals surface area contributed by atoms with Crippen molar-refractivity contribution in [1.82, 2.24) is 23.8 Å². The monoisotopic (exact) mass is 520 g/mol. The number of rotatable bonds is 2. The second-order valence-electron chi connectivity index (χ2n) is 9.68. The number of hydrogen-bond donors (Lipinski definition) is 0. The van der Waals surface area contributed by atoms with Gasteiger partial charge in [-0.25, -0.2) is 14.2 Å². The molecule has 3 aliphatic rings. The first-order valence-electron chi connectivity index (χ1n) is 16.9. The van der Waals surface area contributed by atoms with Gasteiger partial charge in [0.1, 0.15) is 11.5 Å². The van der Waals surface area contributed by atoms with Crippen molar-refractivity contribution < 1.29 is 26.3 Å². The van der Waals surface area contributed by atoms with Gasteiger partial charge in [-0.15, -0.1) is 0 Å². The van der Waals surface area contributed by atoms with Crippen molar-refractivity contribution in [1.29, 1.82) is 0 Å². The summed E-state index contributed by atoms with van der Waals surface area (Å²) in [5.41, 5.74) is 4.00. The number of nitrogens with zero attached hydrogens (tertiary/aromatic N) is 5. The Morgan fingerprint density at radius 3 is 2.84 bits per heavy atom. The lowest BCUT2D eigenvalue weighted by atomic mass is 9.98. The molecule has 4 aromatic rings. The highest BCUT2D eigenvalue weighted by Crippen LogP contribution is 2.42. The highest BCUT2D eigenvalue weighted by Gasteiger charge is 2.32. The van der Waals surface area contributed by atoms with E-state index in [-0.39, 0.29) is 42.3 Å². The summed E-state index contributed by atoms with van der Waals surface area (Å²) in [4.78, 5) is 32.8. The number of carbonyl (C=O) groups excluding carboxylic acids is 2. The molecular weight excluding hydrogens is 481 g/mol. The third kappa shape index (κ3) is 3.65. The van der Waals surface area contributed by atoms with Gasteiger partial charge in [-0.05, 0) is 60.5 Å². The number of urea groups is 1. The summed E-state index contributed by atoms with van der Waals surface area (Å²) in [5.74, 6) is -3.69. The van der Waals surface area contributed by atoms with E-state index in [0.29, 0.717) is 34.1 Å². The smallest absolute Gasteiger partial charge is 0.320 e. The molecule has 0 atom stereocenters. The zero-order valence-corrected chi connectivity index (χ0v) is 20.6. The predicted molar refractivity (Wildman–Crippen MR) is 144 cm³/mol. The summed E-state index contributed by atoms with van der Waals surface area (Å²) in [6.45, 7) is -6.52. The molecule has 7 nitrogen and oxygen atoms in total. The van der Waals surface area contributed by atoms with Gasteiger partial charge in [0.15, 0.2) is 5.78 Å². The molecule has 0 N–H and O–H groups in total. The Morgan fingerprint density at radius 1 is 1.16 bits per heavy atom. The van der Waals surface area contributed by atoms with Gasteiger partial charge in [0.25, 0.3) is 0 Å². The number of amides is 2. The van der Waals surface area contributed by atoms with Crippen LogP contribution in [0.5, 0.6) is 0 Å². The van der Waals surface area contributed by atoms with Crippen LogP contribution in [0.2, 0.25) is 0 Å². The minimum atomic E-state index is -3.44. The van der Waals surface area contributed by atoms with Gasteiger partial charge in [-0.2, -0.15) is 0 Å². The molecular formula is C30H30FN5O2. The van der Waals surface area contributed by atoms with E-state index >= 15 is 4.39 Å². The number of halogens is 1. The van der Waals surface area contributed by atoms with E-state index in [1.807, 2.05) is 28.8 Å². The number of Topliss-reactive ketones (excluding diaryl/α,β-unsaturated/α-hetero) is 1. The topological polar surface area (TPSA) is 62.9 Å². The van der Waals surface area contributed by atoms with E-state index in [4.69, 9.17) is 12.3 Å². The number of fused-ring (bicyclic) bond motifs is 1. The van der Waals surface area contributed by atoms with Crippen LogP contribution in [0.3, 0.4) is 0 Å². The molecule has 3 aromatic heterocycles. The number of allylic oxidation sites excluding steroid dienone is 2. The number of benzene rings is 1. The maximum Gasteiger partial charge on any atom is 0.320 e. The molecule has 0 radical (unpaired) electrons. The zero-order valence-electron chi connectivity index (χ0n) is 29.6. The number of imidazole rings is 1. The van der Waals surface area contributed by atoms with Crippen molar-refractivity contribution in [3.05, 3.63) is 71.6 Å². The Kier molecular flexibility index (Phi) is 3.59. The van der Waals surface area contributed by atoms with Crippen LogP contribution in [0.15, 0.2) is 48.9 Å². The van der Waals surface area contributed by atoms with Crippen LogP contribution in [0.1, 0.15) is 61.7 Å². The van der Waals surface area contributed by atoms with Gasteiger partial charge in [0.2, 0.25) is 0 Å². The molecule has 38 heavy (non-hydrogen) atoms. The molecule has 0 saturated carbocycles. The summed E-state index contributed by atoms with van der Waals surface area (Å²) in [7, 11) is 0. The average Bonchev–Trinajstić information content (AvgIpc) is 3.64. The van der Waals surface area contributed by atoms with E-state index < -0.39 is 43.5 Å². The molecule has 0 spiro atoms. The minimum absolute atomic E-state index is 0.0725. The molecule has 8 heteroatoms. The summed E-state index contributed by atoms with van der Waals surface area (Å²) < 4.78 is 95.0. The first-order valence-corrected chi connectivity index (χ1v) is 12.4. The van der Waals surface area contributed by atoms with Gasteiger partial charge >= 0.3 is 6.03 Å². The molecule has 194 valence electrons. The van der Waals surface area contributed by atoms with Crippen LogP contribution >= 0.6 is 0 Å². The molecule has 7 rings (SSSR count). The van der Waals surface area contributed by atoms with Crippen molar-refractivity contribution in [2.75, 3.05) is 19.5 Å². The molecule has 2 aliphatic heterocycles. The molecule has 1 aromatic carbocycles. The fourth-order valence-electron chi connectivity index (χ4n) is 5.62. The zero-order chi connectivity index (χ0) is 34.1. The standard InChI is InChI=1S/C30H30FN5O2/c1-19-7-10-33(11-8-19)30(38)35-13-12-34-18-24(23-15-21(31)14-20(17-35)29(23)34)28-22(5-6-26(28)37)25-16-32-27-4-2-3-9-36(25)27/h2-4,9,14-16,18-19H,5-8,10-13,17H2,1H3/i7D2,8D2,10D2,11D2,19D. The Balaban J connectivity index is 1.32. The molecule has 1 saturated heterocycles. The molecule has 1 aliphatic carbocycles. The number of ketones is 1. The minimum Gasteiger partial charge on any atom is -0.345 e. The summed E-state index contributed by atoms with van der Waals surface area (Å²) >= 11 is 0. The number of hydrogen-bond acceptors (Lipinski definition) is 3. The van der Waals surface area contributed by atoms with Crippen molar-refractivity contribution in [2.45, 2.75) is 45.6 Å². The fraction of sp³-hybridized carbons (Fsp3) is 0.367. The third-order valence-electron chi connectivity index (χ3n) is 7.34. The quantitative estimate of drug-likeness (QED) is 0.357. The van der Waals surface area contributed by atoms with Gasteiger partial charge < -0.3 is 14.4 Å². The number of carbonyl (C=O) groups is 2. The third-order valence-corrected chi connectivity index (χ3v) is 7.34. The van der Waals surface area contributed by atoms with E-state index in [1.165, 1.54) is 12.1 Å². The second-order valence-corrected chi connectivity index (χ2v) is 9.68. The van der Waals surface area contributed by atoms with Crippen LogP contribution in [0.4, 0.5) is 9.18 Å². The van der Waals surface area contributed by atoms with Crippen molar-refractivity contribution in [3.8, 4) is 0 Å². The van der Waals surface area contributed by atoms with Gasteiger partial charge in [-0.1, -0.05) is 13.0 Å². The van der Waals surface area contributed by atoms with Crippen molar-refractivity contribution in [3.63, 3.8) is 0 Å². The summed E-state index contributed by atoms with van der Waals surface area (Å²) in [6, 6.07) is 6.74. The number of piperidine rings is 1. The maximum absolute atomic E-state index is 15.3. The molecule has 1 fully saturated rings. The van der Waals surface area contributed by atoms with Crippen LogP contribution in [0.25, 0.3) is 27.7 Å².